The summed E-state index contributed by atoms with van der Waals surface area (Å²) in [6.45, 7) is 7.05. The van der Waals surface area contributed by atoms with Gasteiger partial charge in [-0.05, 0) is 20.8 Å². The van der Waals surface area contributed by atoms with Crippen LogP contribution in [0.15, 0.2) is 22.8 Å². The highest BCUT2D eigenvalue weighted by Gasteiger charge is 2.07. The first-order chi connectivity index (χ1) is 8.19. The fraction of sp³-hybridized carbons (Fsp3) is 0.417. The van der Waals surface area contributed by atoms with Crippen LogP contribution in [0.1, 0.15) is 26.3 Å². The van der Waals surface area contributed by atoms with E-state index < -0.39 is 0 Å². The fourth-order valence-corrected chi connectivity index (χ4v) is 1.16. The summed E-state index contributed by atoms with van der Waals surface area (Å²) in [5.74, 6) is 0.526. The standard InChI is InChI=1S/C12H16N4O/c1-4-17-9-14-12-11(7-13)8-15-16(12)6-5-10(2)3/h5,8-9H,4,6H2,1-3H3/b14-9+. The van der Waals surface area contributed by atoms with Gasteiger partial charge in [0.15, 0.2) is 12.2 Å². The Balaban J connectivity index is 2.94. The third-order valence-corrected chi connectivity index (χ3v) is 2.02. The van der Waals surface area contributed by atoms with E-state index in [4.69, 9.17) is 10.00 Å². The second-order valence-corrected chi connectivity index (χ2v) is 3.65. The second-order valence-electron chi connectivity index (χ2n) is 3.65. The number of aliphatic imine (C=N–C) groups is 1. The normalized spacial score (nSPS) is 10.2. The van der Waals surface area contributed by atoms with E-state index in [0.29, 0.717) is 24.5 Å². The summed E-state index contributed by atoms with van der Waals surface area (Å²) in [5.41, 5.74) is 1.64. The lowest BCUT2D eigenvalue weighted by Gasteiger charge is -2.01. The lowest BCUT2D eigenvalue weighted by Crippen LogP contribution is -1.98. The minimum absolute atomic E-state index is 0.447. The highest BCUT2D eigenvalue weighted by molar-refractivity contribution is 5.58. The molecule has 0 aliphatic rings. The van der Waals surface area contributed by atoms with Crippen molar-refractivity contribution in [1.29, 1.82) is 5.26 Å². The zero-order valence-corrected chi connectivity index (χ0v) is 10.3. The molecule has 1 rings (SSSR count). The minimum atomic E-state index is 0.447. The molecular formula is C12H16N4O. The molecule has 5 nitrogen and oxygen atoms in total. The Kier molecular flexibility index (Phi) is 4.95. The van der Waals surface area contributed by atoms with Crippen LogP contribution in [-0.2, 0) is 11.3 Å². The SMILES string of the molecule is CCO/C=N/c1c(C#N)cnn1CC=C(C)C. The van der Waals surface area contributed by atoms with Gasteiger partial charge in [0, 0.05) is 0 Å². The van der Waals surface area contributed by atoms with Gasteiger partial charge in [-0.25, -0.2) is 4.68 Å². The summed E-state index contributed by atoms with van der Waals surface area (Å²) < 4.78 is 6.70. The highest BCUT2D eigenvalue weighted by atomic mass is 16.5. The first-order valence-electron chi connectivity index (χ1n) is 5.42. The molecule has 0 saturated heterocycles. The van der Waals surface area contributed by atoms with Crippen molar-refractivity contribution in [2.24, 2.45) is 4.99 Å². The van der Waals surface area contributed by atoms with Gasteiger partial charge < -0.3 is 4.74 Å². The summed E-state index contributed by atoms with van der Waals surface area (Å²) >= 11 is 0. The highest BCUT2D eigenvalue weighted by Crippen LogP contribution is 2.17. The van der Waals surface area contributed by atoms with Crippen molar-refractivity contribution in [2.45, 2.75) is 27.3 Å². The van der Waals surface area contributed by atoms with Crippen LogP contribution in [0, 0.1) is 11.3 Å². The molecule has 1 aromatic heterocycles. The molecule has 0 saturated carbocycles. The molecule has 0 spiro atoms. The molecule has 1 heterocycles. The van der Waals surface area contributed by atoms with E-state index in [-0.39, 0.29) is 0 Å². The van der Waals surface area contributed by atoms with E-state index in [2.05, 4.69) is 16.2 Å². The van der Waals surface area contributed by atoms with Gasteiger partial charge in [0.05, 0.1) is 19.3 Å². The predicted octanol–water partition coefficient (Wildman–Crippen LogP) is 2.42. The van der Waals surface area contributed by atoms with Crippen LogP contribution in [0.5, 0.6) is 0 Å². The van der Waals surface area contributed by atoms with Crippen molar-refractivity contribution in [1.82, 2.24) is 9.78 Å². The van der Waals surface area contributed by atoms with E-state index in [1.54, 1.807) is 4.68 Å². The lowest BCUT2D eigenvalue weighted by atomic mass is 10.3. The van der Waals surface area contributed by atoms with Gasteiger partial charge in [-0.15, -0.1) is 0 Å². The minimum Gasteiger partial charge on any atom is -0.483 e. The molecule has 1 aromatic rings. The summed E-state index contributed by atoms with van der Waals surface area (Å²) in [5, 5.41) is 13.1. The van der Waals surface area contributed by atoms with Gasteiger partial charge in [0.2, 0.25) is 0 Å². The van der Waals surface area contributed by atoms with E-state index >= 15 is 0 Å². The van der Waals surface area contributed by atoms with Gasteiger partial charge in [0.25, 0.3) is 0 Å². The molecule has 0 atom stereocenters. The van der Waals surface area contributed by atoms with Crippen LogP contribution in [0.25, 0.3) is 0 Å². The number of rotatable bonds is 5. The van der Waals surface area contributed by atoms with Gasteiger partial charge in [-0.3, -0.25) is 0 Å². The van der Waals surface area contributed by atoms with Gasteiger partial charge in [-0.2, -0.15) is 15.4 Å². The molecule has 5 heteroatoms. The van der Waals surface area contributed by atoms with Crippen molar-refractivity contribution < 1.29 is 4.74 Å². The number of hydrogen-bond acceptors (Lipinski definition) is 4. The van der Waals surface area contributed by atoms with Crippen molar-refractivity contribution in [3.8, 4) is 6.07 Å². The van der Waals surface area contributed by atoms with Crippen LogP contribution in [-0.4, -0.2) is 22.8 Å². The molecule has 0 N–H and O–H groups in total. The van der Waals surface area contributed by atoms with Crippen LogP contribution in [0.4, 0.5) is 5.82 Å². The Morgan fingerprint density at radius 2 is 2.41 bits per heavy atom. The van der Waals surface area contributed by atoms with Crippen LogP contribution < -0.4 is 0 Å². The number of ether oxygens (including phenoxy) is 1. The summed E-state index contributed by atoms with van der Waals surface area (Å²) in [6.07, 6.45) is 4.88. The third kappa shape index (κ3) is 3.76. The molecule has 0 aromatic carbocycles. The first-order valence-corrected chi connectivity index (χ1v) is 5.42. The summed E-state index contributed by atoms with van der Waals surface area (Å²) in [4.78, 5) is 4.11. The lowest BCUT2D eigenvalue weighted by molar-refractivity contribution is 0.343. The second kappa shape index (κ2) is 6.48. The molecule has 0 aliphatic heterocycles. The van der Waals surface area contributed by atoms with Crippen molar-refractivity contribution in [3.63, 3.8) is 0 Å². The fourth-order valence-electron chi connectivity index (χ4n) is 1.16. The van der Waals surface area contributed by atoms with Crippen molar-refractivity contribution >= 4 is 12.2 Å². The zero-order valence-electron chi connectivity index (χ0n) is 10.3. The smallest absolute Gasteiger partial charge is 0.176 e. The maximum absolute atomic E-state index is 8.93. The number of hydrogen-bond donors (Lipinski definition) is 0. The van der Waals surface area contributed by atoms with Crippen molar-refractivity contribution in [3.05, 3.63) is 23.4 Å². The first kappa shape index (κ1) is 13.0. The topological polar surface area (TPSA) is 63.2 Å². The Labute approximate surface area is 101 Å². The molecule has 17 heavy (non-hydrogen) atoms. The van der Waals surface area contributed by atoms with Gasteiger partial charge in [-0.1, -0.05) is 11.6 Å². The molecule has 0 bridgehead atoms. The zero-order chi connectivity index (χ0) is 12.7. The quantitative estimate of drug-likeness (QED) is 0.445. The molecule has 0 aliphatic carbocycles. The molecular weight excluding hydrogens is 216 g/mol. The molecule has 0 amide bonds. The third-order valence-electron chi connectivity index (χ3n) is 2.02. The number of allylic oxidation sites excluding steroid dienone is 2. The Morgan fingerprint density at radius 1 is 1.65 bits per heavy atom. The van der Waals surface area contributed by atoms with Crippen LogP contribution >= 0.6 is 0 Å². The van der Waals surface area contributed by atoms with Crippen LogP contribution in [0.2, 0.25) is 0 Å². The Hall–Kier alpha value is -2.09. The average molecular weight is 232 g/mol. The average Bonchev–Trinajstić information content (AvgIpc) is 2.69. The Morgan fingerprint density at radius 3 is 3.00 bits per heavy atom. The molecule has 0 radical (unpaired) electrons. The summed E-state index contributed by atoms with van der Waals surface area (Å²) in [7, 11) is 0. The number of nitriles is 1. The largest absolute Gasteiger partial charge is 0.483 e. The van der Waals surface area contributed by atoms with Gasteiger partial charge in [0.1, 0.15) is 11.6 Å². The molecule has 90 valence electrons. The number of nitrogens with zero attached hydrogens (tertiary/aromatic N) is 4. The maximum Gasteiger partial charge on any atom is 0.176 e. The van der Waals surface area contributed by atoms with E-state index in [9.17, 15) is 0 Å². The Bertz CT molecular complexity index is 461. The summed E-state index contributed by atoms with van der Waals surface area (Å²) in [6, 6.07) is 2.06. The van der Waals surface area contributed by atoms with E-state index in [1.165, 1.54) is 18.2 Å². The van der Waals surface area contributed by atoms with Gasteiger partial charge >= 0.3 is 0 Å². The molecule has 0 fully saturated rings. The van der Waals surface area contributed by atoms with Crippen molar-refractivity contribution in [2.75, 3.05) is 6.61 Å². The predicted molar refractivity (Wildman–Crippen MR) is 66.2 cm³/mol. The van der Waals surface area contributed by atoms with Crippen LogP contribution in [0.3, 0.4) is 0 Å². The van der Waals surface area contributed by atoms with E-state index in [1.807, 2.05) is 26.8 Å². The monoisotopic (exact) mass is 232 g/mol. The van der Waals surface area contributed by atoms with E-state index in [0.717, 1.165) is 0 Å². The molecule has 0 unspecified atom stereocenters. The maximum atomic E-state index is 8.93. The number of aromatic nitrogens is 2.